The van der Waals surface area contributed by atoms with Crippen molar-refractivity contribution in [2.24, 2.45) is 5.73 Å². The lowest BCUT2D eigenvalue weighted by Gasteiger charge is -2.38. The van der Waals surface area contributed by atoms with Crippen LogP contribution in [0.4, 0.5) is 0 Å². The lowest BCUT2D eigenvalue weighted by Crippen LogP contribution is -2.41. The van der Waals surface area contributed by atoms with E-state index in [0.717, 1.165) is 40.8 Å². The molecule has 0 radical (unpaired) electrons. The molecule has 116 valence electrons. The van der Waals surface area contributed by atoms with E-state index in [1.165, 1.54) is 25.7 Å². The van der Waals surface area contributed by atoms with Gasteiger partial charge in [-0.05, 0) is 37.5 Å². The third-order valence-corrected chi connectivity index (χ3v) is 5.24. The van der Waals surface area contributed by atoms with E-state index in [0.29, 0.717) is 6.54 Å². The molecule has 4 heteroatoms. The highest BCUT2D eigenvalue weighted by Crippen LogP contribution is 2.41. The Kier molecular flexibility index (Phi) is 4.57. The van der Waals surface area contributed by atoms with Crippen molar-refractivity contribution in [1.82, 2.24) is 0 Å². The van der Waals surface area contributed by atoms with Gasteiger partial charge in [-0.2, -0.15) is 0 Å². The number of hydrogen-bond donors (Lipinski definition) is 1. The molecule has 1 heterocycles. The topological polar surface area (TPSA) is 44.5 Å². The van der Waals surface area contributed by atoms with E-state index in [4.69, 9.17) is 15.2 Å². The molecule has 1 aliphatic carbocycles. The molecule has 1 aliphatic heterocycles. The zero-order chi connectivity index (χ0) is 14.9. The van der Waals surface area contributed by atoms with E-state index in [-0.39, 0.29) is 11.7 Å². The molecule has 1 aromatic carbocycles. The summed E-state index contributed by atoms with van der Waals surface area (Å²) >= 11 is 3.53. The van der Waals surface area contributed by atoms with Gasteiger partial charge in [-0.25, -0.2) is 0 Å². The van der Waals surface area contributed by atoms with Gasteiger partial charge in [0.25, 0.3) is 0 Å². The second kappa shape index (κ2) is 6.27. The summed E-state index contributed by atoms with van der Waals surface area (Å²) in [4.78, 5) is 0. The lowest BCUT2D eigenvalue weighted by molar-refractivity contribution is -0.108. The van der Waals surface area contributed by atoms with Gasteiger partial charge in [-0.15, -0.1) is 0 Å². The Morgan fingerprint density at radius 2 is 2.14 bits per heavy atom. The maximum atomic E-state index is 6.37. The van der Waals surface area contributed by atoms with E-state index in [2.05, 4.69) is 35.0 Å². The summed E-state index contributed by atoms with van der Waals surface area (Å²) < 4.78 is 13.5. The number of hydrogen-bond acceptors (Lipinski definition) is 3. The maximum Gasteiger partial charge on any atom is 0.127 e. The third kappa shape index (κ3) is 3.27. The van der Waals surface area contributed by atoms with Gasteiger partial charge in [0.15, 0.2) is 0 Å². The predicted octanol–water partition coefficient (Wildman–Crippen LogP) is 4.09. The minimum atomic E-state index is 0.0923. The molecule has 3 nitrogen and oxygen atoms in total. The van der Waals surface area contributed by atoms with Gasteiger partial charge in [0.05, 0.1) is 12.2 Å². The number of benzene rings is 1. The van der Waals surface area contributed by atoms with Crippen LogP contribution in [0.3, 0.4) is 0 Å². The van der Waals surface area contributed by atoms with Gasteiger partial charge in [0.2, 0.25) is 0 Å². The largest absolute Gasteiger partial charge is 0.490 e. The fourth-order valence-corrected chi connectivity index (χ4v) is 4.36. The molecular formula is C17H24BrNO2. The summed E-state index contributed by atoms with van der Waals surface area (Å²) in [5.41, 5.74) is 8.20. The van der Waals surface area contributed by atoms with E-state index >= 15 is 0 Å². The number of halogens is 1. The molecule has 1 saturated heterocycles. The molecule has 1 unspecified atom stereocenters. The lowest BCUT2D eigenvalue weighted by atomic mass is 9.90. The fraction of sp³-hybridized carbons (Fsp3) is 0.647. The molecule has 0 aromatic heterocycles. The summed E-state index contributed by atoms with van der Waals surface area (Å²) in [5, 5.41) is 0. The van der Waals surface area contributed by atoms with E-state index in [1.54, 1.807) is 0 Å². The zero-order valence-corrected chi connectivity index (χ0v) is 14.2. The Balaban J connectivity index is 1.77. The smallest absolute Gasteiger partial charge is 0.127 e. The van der Waals surface area contributed by atoms with Crippen molar-refractivity contribution < 1.29 is 9.47 Å². The average molecular weight is 354 g/mol. The van der Waals surface area contributed by atoms with Crippen LogP contribution in [0.2, 0.25) is 0 Å². The minimum absolute atomic E-state index is 0.0923. The molecule has 3 rings (SSSR count). The third-order valence-electron chi connectivity index (χ3n) is 4.78. The highest BCUT2D eigenvalue weighted by atomic mass is 79.9. The molecule has 1 saturated carbocycles. The summed E-state index contributed by atoms with van der Waals surface area (Å²) in [6, 6.07) is 4.16. The van der Waals surface area contributed by atoms with Crippen LogP contribution in [0.5, 0.6) is 5.75 Å². The van der Waals surface area contributed by atoms with Crippen LogP contribution in [-0.4, -0.2) is 18.3 Å². The highest BCUT2D eigenvalue weighted by molar-refractivity contribution is 9.10. The quantitative estimate of drug-likeness (QED) is 0.889. The van der Waals surface area contributed by atoms with Gasteiger partial charge in [-0.3, -0.25) is 0 Å². The van der Waals surface area contributed by atoms with Crippen LogP contribution >= 0.6 is 15.9 Å². The SMILES string of the molecule is Cc1cc(Br)cc(CN)c1OC1CCOC2(CCCC2)C1. The zero-order valence-electron chi connectivity index (χ0n) is 12.7. The van der Waals surface area contributed by atoms with Crippen molar-refractivity contribution in [2.75, 3.05) is 6.61 Å². The number of aryl methyl sites for hydroxylation is 1. The van der Waals surface area contributed by atoms with Gasteiger partial charge < -0.3 is 15.2 Å². The fourth-order valence-electron chi connectivity index (χ4n) is 3.74. The summed E-state index contributed by atoms with van der Waals surface area (Å²) in [5.74, 6) is 0.973. The van der Waals surface area contributed by atoms with Crippen LogP contribution in [0.1, 0.15) is 49.7 Å². The first kappa shape index (κ1) is 15.3. The summed E-state index contributed by atoms with van der Waals surface area (Å²) in [6.07, 6.45) is 7.21. The Hall–Kier alpha value is -0.580. The van der Waals surface area contributed by atoms with Crippen LogP contribution in [0.15, 0.2) is 16.6 Å². The van der Waals surface area contributed by atoms with E-state index in [1.807, 2.05) is 0 Å². The first-order valence-corrected chi connectivity index (χ1v) is 8.71. The molecular weight excluding hydrogens is 330 g/mol. The van der Waals surface area contributed by atoms with Crippen molar-refractivity contribution in [3.05, 3.63) is 27.7 Å². The second-order valence-electron chi connectivity index (χ2n) is 6.39. The van der Waals surface area contributed by atoms with Crippen molar-refractivity contribution in [1.29, 1.82) is 0 Å². The normalized spacial score (nSPS) is 24.4. The molecule has 2 aliphatic rings. The number of rotatable bonds is 3. The highest BCUT2D eigenvalue weighted by Gasteiger charge is 2.40. The standard InChI is InChI=1S/C17H24BrNO2/c1-12-8-14(18)9-13(11-19)16(12)21-15-4-7-20-17(10-15)5-2-3-6-17/h8-9,15H,2-7,10-11,19H2,1H3. The predicted molar refractivity (Wildman–Crippen MR) is 87.6 cm³/mol. The first-order valence-electron chi connectivity index (χ1n) is 7.92. The molecule has 21 heavy (non-hydrogen) atoms. The monoisotopic (exact) mass is 353 g/mol. The maximum absolute atomic E-state index is 6.37. The molecule has 1 atom stereocenters. The van der Waals surface area contributed by atoms with Gasteiger partial charge >= 0.3 is 0 Å². The van der Waals surface area contributed by atoms with E-state index in [9.17, 15) is 0 Å². The average Bonchev–Trinajstić information content (AvgIpc) is 2.89. The minimum Gasteiger partial charge on any atom is -0.490 e. The molecule has 0 amide bonds. The molecule has 2 N–H and O–H groups in total. The van der Waals surface area contributed by atoms with Crippen molar-refractivity contribution >= 4 is 15.9 Å². The second-order valence-corrected chi connectivity index (χ2v) is 7.30. The molecule has 2 fully saturated rings. The number of nitrogens with two attached hydrogens (primary N) is 1. The Labute approximate surface area is 135 Å². The van der Waals surface area contributed by atoms with Gasteiger partial charge in [-0.1, -0.05) is 28.8 Å². The van der Waals surface area contributed by atoms with Crippen LogP contribution in [0, 0.1) is 6.92 Å². The summed E-state index contributed by atoms with van der Waals surface area (Å²) in [7, 11) is 0. The van der Waals surface area contributed by atoms with E-state index < -0.39 is 0 Å². The van der Waals surface area contributed by atoms with Crippen molar-refractivity contribution in [3.8, 4) is 5.75 Å². The van der Waals surface area contributed by atoms with Crippen molar-refractivity contribution in [2.45, 2.75) is 63.7 Å². The Morgan fingerprint density at radius 1 is 1.38 bits per heavy atom. The Morgan fingerprint density at radius 3 is 2.86 bits per heavy atom. The van der Waals surface area contributed by atoms with Crippen LogP contribution in [-0.2, 0) is 11.3 Å². The van der Waals surface area contributed by atoms with Gasteiger partial charge in [0.1, 0.15) is 11.9 Å². The molecule has 1 spiro atoms. The molecule has 0 bridgehead atoms. The molecule has 1 aromatic rings. The van der Waals surface area contributed by atoms with Crippen molar-refractivity contribution in [3.63, 3.8) is 0 Å². The van der Waals surface area contributed by atoms with Gasteiger partial charge in [0, 0.05) is 29.4 Å². The Bertz CT molecular complexity index is 512. The van der Waals surface area contributed by atoms with Crippen LogP contribution < -0.4 is 10.5 Å². The summed E-state index contributed by atoms with van der Waals surface area (Å²) in [6.45, 7) is 3.41. The van der Waals surface area contributed by atoms with Crippen LogP contribution in [0.25, 0.3) is 0 Å². The number of ether oxygens (including phenoxy) is 2. The first-order chi connectivity index (χ1) is 10.1.